The largest absolute Gasteiger partial charge is 0.346 e. The molecule has 2 aromatic carbocycles. The average Bonchev–Trinajstić information content (AvgIpc) is 3.20. The van der Waals surface area contributed by atoms with E-state index in [1.807, 2.05) is 43.3 Å². The van der Waals surface area contributed by atoms with Crippen molar-refractivity contribution in [3.05, 3.63) is 71.3 Å². The predicted molar refractivity (Wildman–Crippen MR) is 80.4 cm³/mol. The first-order chi connectivity index (χ1) is 9.68. The van der Waals surface area contributed by atoms with Gasteiger partial charge >= 0.3 is 0 Å². The molecule has 0 spiro atoms. The topological polar surface area (TPSA) is 29.1 Å². The number of rotatable bonds is 4. The van der Waals surface area contributed by atoms with Crippen LogP contribution in [-0.2, 0) is 16.8 Å². The summed E-state index contributed by atoms with van der Waals surface area (Å²) < 4.78 is 0. The van der Waals surface area contributed by atoms with Crippen LogP contribution in [0.1, 0.15) is 29.5 Å². The van der Waals surface area contributed by atoms with Crippen LogP contribution in [0.5, 0.6) is 0 Å². The summed E-state index contributed by atoms with van der Waals surface area (Å²) in [6, 6.07) is 18.4. The van der Waals surface area contributed by atoms with Gasteiger partial charge in [0.25, 0.3) is 0 Å². The normalized spacial score (nSPS) is 15.7. The number of amides is 1. The number of hydrogen-bond donors (Lipinski definition) is 1. The highest BCUT2D eigenvalue weighted by atomic mass is 16.1. The van der Waals surface area contributed by atoms with E-state index in [1.54, 1.807) is 0 Å². The minimum Gasteiger partial charge on any atom is -0.346 e. The second-order valence-corrected chi connectivity index (χ2v) is 5.66. The Morgan fingerprint density at radius 1 is 1.10 bits per heavy atom. The molecule has 3 rings (SSSR count). The van der Waals surface area contributed by atoms with Crippen molar-refractivity contribution in [3.8, 4) is 0 Å². The van der Waals surface area contributed by atoms with E-state index in [0.717, 1.165) is 18.4 Å². The average molecular weight is 265 g/mol. The molecule has 0 aliphatic heterocycles. The minimum absolute atomic E-state index is 0.108. The van der Waals surface area contributed by atoms with E-state index in [0.29, 0.717) is 6.42 Å². The van der Waals surface area contributed by atoms with Crippen molar-refractivity contribution in [3.63, 3.8) is 0 Å². The van der Waals surface area contributed by atoms with Crippen molar-refractivity contribution in [1.29, 1.82) is 0 Å². The number of carbonyl (C=O) groups is 1. The summed E-state index contributed by atoms with van der Waals surface area (Å²) in [5.74, 6) is 0.108. The molecule has 1 fully saturated rings. The minimum atomic E-state index is -0.109. The summed E-state index contributed by atoms with van der Waals surface area (Å²) in [6.45, 7) is 2.05. The lowest BCUT2D eigenvalue weighted by Crippen LogP contribution is -2.35. The van der Waals surface area contributed by atoms with Crippen LogP contribution >= 0.6 is 0 Å². The molecule has 1 N–H and O–H groups in total. The van der Waals surface area contributed by atoms with Gasteiger partial charge in [-0.2, -0.15) is 0 Å². The second-order valence-electron chi connectivity index (χ2n) is 5.66. The summed E-state index contributed by atoms with van der Waals surface area (Å²) in [7, 11) is 0. The molecule has 0 aromatic heterocycles. The molecule has 2 aromatic rings. The van der Waals surface area contributed by atoms with Gasteiger partial charge in [0.1, 0.15) is 0 Å². The highest BCUT2D eigenvalue weighted by Gasteiger charge is 2.45. The van der Waals surface area contributed by atoms with E-state index in [9.17, 15) is 4.79 Å². The number of aryl methyl sites for hydroxylation is 1. The first-order valence-corrected chi connectivity index (χ1v) is 7.10. The Morgan fingerprint density at radius 2 is 1.85 bits per heavy atom. The highest BCUT2D eigenvalue weighted by molar-refractivity contribution is 5.80. The number of benzene rings is 2. The van der Waals surface area contributed by atoms with Crippen LogP contribution in [0.2, 0.25) is 0 Å². The van der Waals surface area contributed by atoms with Crippen molar-refractivity contribution in [2.45, 2.75) is 31.7 Å². The molecule has 0 bridgehead atoms. The standard InChI is InChI=1S/C18H19NO/c1-14-6-5-7-15(12-14)13-17(20)19-18(10-11-18)16-8-3-2-4-9-16/h2-9,12H,10-11,13H2,1H3,(H,19,20). The summed E-state index contributed by atoms with van der Waals surface area (Å²) in [5, 5.41) is 3.21. The maximum Gasteiger partial charge on any atom is 0.225 e. The van der Waals surface area contributed by atoms with Crippen LogP contribution < -0.4 is 5.32 Å². The summed E-state index contributed by atoms with van der Waals surface area (Å²) in [5.41, 5.74) is 3.38. The molecule has 0 unspecified atom stereocenters. The molecule has 102 valence electrons. The quantitative estimate of drug-likeness (QED) is 0.902. The second kappa shape index (κ2) is 5.12. The van der Waals surface area contributed by atoms with E-state index in [-0.39, 0.29) is 11.4 Å². The maximum absolute atomic E-state index is 12.2. The summed E-state index contributed by atoms with van der Waals surface area (Å²) >= 11 is 0. The molecule has 2 nitrogen and oxygen atoms in total. The van der Waals surface area contributed by atoms with Crippen molar-refractivity contribution >= 4 is 5.91 Å². The van der Waals surface area contributed by atoms with Crippen molar-refractivity contribution in [2.75, 3.05) is 0 Å². The van der Waals surface area contributed by atoms with Crippen LogP contribution in [0.15, 0.2) is 54.6 Å². The molecule has 20 heavy (non-hydrogen) atoms. The molecule has 0 saturated heterocycles. The first kappa shape index (κ1) is 12.9. The molecule has 1 aliphatic rings. The van der Waals surface area contributed by atoms with Gasteiger partial charge in [0.15, 0.2) is 0 Å². The lowest BCUT2D eigenvalue weighted by atomic mass is 10.0. The smallest absolute Gasteiger partial charge is 0.225 e. The van der Waals surface area contributed by atoms with Crippen molar-refractivity contribution in [2.24, 2.45) is 0 Å². The Morgan fingerprint density at radius 3 is 2.50 bits per heavy atom. The van der Waals surface area contributed by atoms with Gasteiger partial charge < -0.3 is 5.32 Å². The fraction of sp³-hybridized carbons (Fsp3) is 0.278. The molecular weight excluding hydrogens is 246 g/mol. The Hall–Kier alpha value is -2.09. The fourth-order valence-electron chi connectivity index (χ4n) is 2.69. The molecule has 1 saturated carbocycles. The number of nitrogens with one attached hydrogen (secondary N) is 1. The molecule has 0 radical (unpaired) electrons. The van der Waals surface area contributed by atoms with Gasteiger partial charge in [-0.3, -0.25) is 4.79 Å². The molecule has 0 heterocycles. The van der Waals surface area contributed by atoms with E-state index in [2.05, 4.69) is 23.5 Å². The van der Waals surface area contributed by atoms with E-state index < -0.39 is 0 Å². The highest BCUT2D eigenvalue weighted by Crippen LogP contribution is 2.45. The van der Waals surface area contributed by atoms with E-state index >= 15 is 0 Å². The molecule has 0 atom stereocenters. The third kappa shape index (κ3) is 2.74. The maximum atomic E-state index is 12.2. The Kier molecular flexibility index (Phi) is 3.31. The van der Waals surface area contributed by atoms with Gasteiger partial charge in [-0.15, -0.1) is 0 Å². The Labute approximate surface area is 119 Å². The number of hydrogen-bond acceptors (Lipinski definition) is 1. The van der Waals surface area contributed by atoms with Crippen molar-refractivity contribution in [1.82, 2.24) is 5.32 Å². The zero-order valence-corrected chi connectivity index (χ0v) is 11.7. The molecule has 2 heteroatoms. The van der Waals surface area contributed by atoms with Gasteiger partial charge in [-0.1, -0.05) is 60.2 Å². The Bertz CT molecular complexity index is 614. The van der Waals surface area contributed by atoms with Gasteiger partial charge in [-0.25, -0.2) is 0 Å². The zero-order valence-electron chi connectivity index (χ0n) is 11.7. The third-order valence-corrected chi connectivity index (χ3v) is 3.90. The first-order valence-electron chi connectivity index (χ1n) is 7.10. The van der Waals surface area contributed by atoms with Crippen molar-refractivity contribution < 1.29 is 4.79 Å². The van der Waals surface area contributed by atoms with Crippen LogP contribution in [0.3, 0.4) is 0 Å². The summed E-state index contributed by atoms with van der Waals surface area (Å²) in [6.07, 6.45) is 2.53. The lowest BCUT2D eigenvalue weighted by molar-refractivity contribution is -0.121. The summed E-state index contributed by atoms with van der Waals surface area (Å²) in [4.78, 5) is 12.2. The van der Waals surface area contributed by atoms with Crippen LogP contribution in [0, 0.1) is 6.92 Å². The van der Waals surface area contributed by atoms with Crippen LogP contribution in [0.25, 0.3) is 0 Å². The lowest BCUT2D eigenvalue weighted by Gasteiger charge is -2.18. The molecular formula is C18H19NO. The number of carbonyl (C=O) groups excluding carboxylic acids is 1. The van der Waals surface area contributed by atoms with E-state index in [1.165, 1.54) is 11.1 Å². The van der Waals surface area contributed by atoms with Crippen LogP contribution in [-0.4, -0.2) is 5.91 Å². The molecule has 1 amide bonds. The van der Waals surface area contributed by atoms with Gasteiger partial charge in [-0.05, 0) is 30.9 Å². The SMILES string of the molecule is Cc1cccc(CC(=O)NC2(c3ccccc3)CC2)c1. The van der Waals surface area contributed by atoms with Gasteiger partial charge in [0, 0.05) is 0 Å². The zero-order chi connectivity index (χ0) is 14.0. The third-order valence-electron chi connectivity index (χ3n) is 3.90. The Balaban J connectivity index is 1.68. The van der Waals surface area contributed by atoms with E-state index in [4.69, 9.17) is 0 Å². The fourth-order valence-corrected chi connectivity index (χ4v) is 2.69. The van der Waals surface area contributed by atoms with Gasteiger partial charge in [0.2, 0.25) is 5.91 Å². The predicted octanol–water partition coefficient (Wildman–Crippen LogP) is 3.34. The van der Waals surface area contributed by atoms with Crippen LogP contribution in [0.4, 0.5) is 0 Å². The van der Waals surface area contributed by atoms with Gasteiger partial charge in [0.05, 0.1) is 12.0 Å². The monoisotopic (exact) mass is 265 g/mol. The molecule has 1 aliphatic carbocycles.